The topological polar surface area (TPSA) is 124 Å². The smallest absolute Gasteiger partial charge is 0.272 e. The molecule has 2 aromatic heterocycles. The summed E-state index contributed by atoms with van der Waals surface area (Å²) in [6.07, 6.45) is 0. The lowest BCUT2D eigenvalue weighted by atomic mass is 10.2. The maximum atomic E-state index is 12.1. The summed E-state index contributed by atoms with van der Waals surface area (Å²) in [6, 6.07) is 6.48. The zero-order valence-corrected chi connectivity index (χ0v) is 13.9. The molecule has 0 aliphatic carbocycles. The van der Waals surface area contributed by atoms with E-state index in [4.69, 9.17) is 15.2 Å². The molecular weight excluding hydrogens is 326 g/mol. The van der Waals surface area contributed by atoms with Crippen LogP contribution in [0.3, 0.4) is 0 Å². The summed E-state index contributed by atoms with van der Waals surface area (Å²) < 4.78 is 11.6. The van der Waals surface area contributed by atoms with Gasteiger partial charge in [0, 0.05) is 17.8 Å². The first-order chi connectivity index (χ1) is 11.9. The van der Waals surface area contributed by atoms with Gasteiger partial charge in [0.25, 0.3) is 11.5 Å². The predicted octanol–water partition coefficient (Wildman–Crippen LogP) is 1.19. The summed E-state index contributed by atoms with van der Waals surface area (Å²) in [5.41, 5.74) is 6.43. The van der Waals surface area contributed by atoms with Crippen LogP contribution in [-0.4, -0.2) is 34.7 Å². The monoisotopic (exact) mass is 343 g/mol. The Hall–Kier alpha value is -3.49. The van der Waals surface area contributed by atoms with Gasteiger partial charge in [-0.25, -0.2) is 4.98 Å². The minimum Gasteiger partial charge on any atom is -0.497 e. The van der Waals surface area contributed by atoms with Crippen molar-refractivity contribution < 1.29 is 14.3 Å². The molecule has 0 aliphatic heterocycles. The van der Waals surface area contributed by atoms with Crippen molar-refractivity contribution in [1.82, 2.24) is 14.6 Å². The summed E-state index contributed by atoms with van der Waals surface area (Å²) in [4.78, 5) is 28.3. The molecule has 2 heterocycles. The predicted molar refractivity (Wildman–Crippen MR) is 91.9 cm³/mol. The Kier molecular flexibility index (Phi) is 4.05. The standard InChI is InChI=1S/C16H17N5O4/c1-8-6-12(22)21-16(18-8)13(14(17)23)15(20-21)19-10-5-4-9(24-2)7-11(10)25-3/h4-7,19-20H,1-3H3,(H2,17,23). The Morgan fingerprint density at radius 2 is 2.04 bits per heavy atom. The average Bonchev–Trinajstić information content (AvgIpc) is 2.93. The van der Waals surface area contributed by atoms with E-state index in [1.807, 2.05) is 0 Å². The van der Waals surface area contributed by atoms with Crippen molar-refractivity contribution in [2.45, 2.75) is 6.92 Å². The molecule has 0 saturated carbocycles. The van der Waals surface area contributed by atoms with E-state index < -0.39 is 5.91 Å². The number of aromatic nitrogens is 3. The van der Waals surface area contributed by atoms with Crippen molar-refractivity contribution in [3.63, 3.8) is 0 Å². The molecule has 0 atom stereocenters. The van der Waals surface area contributed by atoms with Crippen LogP contribution in [0.1, 0.15) is 16.1 Å². The normalized spacial score (nSPS) is 10.7. The molecule has 0 spiro atoms. The zero-order valence-electron chi connectivity index (χ0n) is 13.9. The number of hydrogen-bond donors (Lipinski definition) is 3. The number of primary amides is 1. The number of methoxy groups -OCH3 is 2. The lowest BCUT2D eigenvalue weighted by molar-refractivity contribution is 0.100. The van der Waals surface area contributed by atoms with Gasteiger partial charge in [0.1, 0.15) is 22.9 Å². The fourth-order valence-electron chi connectivity index (χ4n) is 2.51. The molecule has 4 N–H and O–H groups in total. The number of fused-ring (bicyclic) bond motifs is 1. The first-order valence-electron chi connectivity index (χ1n) is 7.36. The average molecular weight is 343 g/mol. The number of ether oxygens (including phenoxy) is 2. The molecule has 1 aromatic carbocycles. The zero-order chi connectivity index (χ0) is 18.1. The number of hydrogen-bond acceptors (Lipinski definition) is 6. The maximum Gasteiger partial charge on any atom is 0.272 e. The van der Waals surface area contributed by atoms with E-state index in [2.05, 4.69) is 15.4 Å². The van der Waals surface area contributed by atoms with Crippen molar-refractivity contribution in [1.29, 1.82) is 0 Å². The van der Waals surface area contributed by atoms with E-state index in [1.54, 1.807) is 32.2 Å². The second kappa shape index (κ2) is 6.19. The van der Waals surface area contributed by atoms with Gasteiger partial charge in [-0.1, -0.05) is 0 Å². The maximum absolute atomic E-state index is 12.1. The van der Waals surface area contributed by atoms with Crippen LogP contribution in [0.2, 0.25) is 0 Å². The van der Waals surface area contributed by atoms with E-state index in [0.29, 0.717) is 22.9 Å². The Morgan fingerprint density at radius 3 is 2.68 bits per heavy atom. The number of nitrogens with zero attached hydrogens (tertiary/aromatic N) is 2. The van der Waals surface area contributed by atoms with E-state index in [0.717, 1.165) is 4.52 Å². The molecule has 9 nitrogen and oxygen atoms in total. The van der Waals surface area contributed by atoms with Crippen molar-refractivity contribution >= 4 is 23.1 Å². The van der Waals surface area contributed by atoms with Crippen molar-refractivity contribution in [3.05, 3.63) is 45.9 Å². The van der Waals surface area contributed by atoms with Crippen LogP contribution in [0.25, 0.3) is 5.65 Å². The molecule has 1 amide bonds. The Labute approximate surface area is 142 Å². The quantitative estimate of drug-likeness (QED) is 0.639. The van der Waals surface area contributed by atoms with Crippen LogP contribution in [0.4, 0.5) is 11.5 Å². The summed E-state index contributed by atoms with van der Waals surface area (Å²) >= 11 is 0. The molecule has 0 bridgehead atoms. The van der Waals surface area contributed by atoms with Gasteiger partial charge >= 0.3 is 0 Å². The number of nitrogens with two attached hydrogens (primary N) is 1. The van der Waals surface area contributed by atoms with Gasteiger partial charge < -0.3 is 20.5 Å². The lowest BCUT2D eigenvalue weighted by Crippen LogP contribution is -2.16. The van der Waals surface area contributed by atoms with Crippen LogP contribution in [-0.2, 0) is 0 Å². The third kappa shape index (κ3) is 2.87. The highest BCUT2D eigenvalue weighted by Gasteiger charge is 2.20. The number of anilines is 2. The van der Waals surface area contributed by atoms with E-state index in [1.165, 1.54) is 13.2 Å². The number of H-pyrrole nitrogens is 1. The van der Waals surface area contributed by atoms with Crippen LogP contribution in [0.5, 0.6) is 11.5 Å². The van der Waals surface area contributed by atoms with Gasteiger partial charge in [0.15, 0.2) is 5.65 Å². The summed E-state index contributed by atoms with van der Waals surface area (Å²) in [6.45, 7) is 1.67. The Balaban J connectivity index is 2.17. The molecule has 9 heteroatoms. The van der Waals surface area contributed by atoms with Crippen LogP contribution < -0.4 is 26.1 Å². The van der Waals surface area contributed by atoms with Crippen molar-refractivity contribution in [2.75, 3.05) is 19.5 Å². The number of aryl methyl sites for hydroxylation is 1. The minimum atomic E-state index is -0.716. The minimum absolute atomic E-state index is 0.0821. The third-order valence-electron chi connectivity index (χ3n) is 3.66. The Morgan fingerprint density at radius 1 is 1.28 bits per heavy atom. The molecule has 0 saturated heterocycles. The molecule has 0 unspecified atom stereocenters. The number of aromatic amines is 1. The number of nitrogens with one attached hydrogen (secondary N) is 2. The van der Waals surface area contributed by atoms with Gasteiger partial charge in [0.2, 0.25) is 0 Å². The van der Waals surface area contributed by atoms with Gasteiger partial charge in [-0.2, -0.15) is 4.52 Å². The Bertz CT molecular complexity index is 1020. The summed E-state index contributed by atoms with van der Waals surface area (Å²) in [5.74, 6) is 0.630. The fourth-order valence-corrected chi connectivity index (χ4v) is 2.51. The molecule has 0 aliphatic rings. The number of carbonyl (C=O) groups is 1. The van der Waals surface area contributed by atoms with Crippen molar-refractivity contribution in [2.24, 2.45) is 5.73 Å². The highest BCUT2D eigenvalue weighted by Crippen LogP contribution is 2.32. The van der Waals surface area contributed by atoms with Gasteiger partial charge in [-0.15, -0.1) is 0 Å². The molecule has 3 aromatic rings. The first kappa shape index (κ1) is 16.4. The van der Waals surface area contributed by atoms with Crippen molar-refractivity contribution in [3.8, 4) is 11.5 Å². The summed E-state index contributed by atoms with van der Waals surface area (Å²) in [7, 11) is 3.06. The van der Waals surface area contributed by atoms with Crippen LogP contribution in [0.15, 0.2) is 29.1 Å². The number of amides is 1. The SMILES string of the molecule is COc1ccc(Nc2[nH]n3c(=O)cc(C)nc3c2C(N)=O)c(OC)c1. The fraction of sp³-hybridized carbons (Fsp3) is 0.188. The molecule has 25 heavy (non-hydrogen) atoms. The van der Waals surface area contributed by atoms with Gasteiger partial charge in [-0.3, -0.25) is 14.7 Å². The van der Waals surface area contributed by atoms with Crippen LogP contribution in [0, 0.1) is 6.92 Å². The van der Waals surface area contributed by atoms with E-state index >= 15 is 0 Å². The molecule has 3 rings (SSSR count). The second-order valence-corrected chi connectivity index (χ2v) is 5.31. The molecule has 0 fully saturated rings. The molecular formula is C16H17N5O4. The number of rotatable bonds is 5. The highest BCUT2D eigenvalue weighted by molar-refractivity contribution is 6.04. The highest BCUT2D eigenvalue weighted by atomic mass is 16.5. The van der Waals surface area contributed by atoms with Crippen LogP contribution >= 0.6 is 0 Å². The summed E-state index contributed by atoms with van der Waals surface area (Å²) in [5, 5.41) is 5.84. The number of benzene rings is 1. The number of carbonyl (C=O) groups excluding carboxylic acids is 1. The van der Waals surface area contributed by atoms with E-state index in [9.17, 15) is 9.59 Å². The third-order valence-corrected chi connectivity index (χ3v) is 3.66. The van der Waals surface area contributed by atoms with E-state index in [-0.39, 0.29) is 22.6 Å². The molecule has 0 radical (unpaired) electrons. The largest absolute Gasteiger partial charge is 0.497 e. The molecule has 130 valence electrons. The first-order valence-corrected chi connectivity index (χ1v) is 7.36. The van der Waals surface area contributed by atoms with Gasteiger partial charge in [-0.05, 0) is 19.1 Å². The van der Waals surface area contributed by atoms with Gasteiger partial charge in [0.05, 0.1) is 19.9 Å². The second-order valence-electron chi connectivity index (χ2n) is 5.31. The lowest BCUT2D eigenvalue weighted by Gasteiger charge is -2.11.